The number of ether oxygens (including phenoxy) is 2. The molecule has 1 N–H and O–H groups in total. The molecule has 3 saturated heterocycles. The summed E-state index contributed by atoms with van der Waals surface area (Å²) in [5.41, 5.74) is 0.282. The molecule has 10 nitrogen and oxygen atoms in total. The molecule has 15 heteroatoms. The first-order chi connectivity index (χ1) is 13.8. The Balaban J connectivity index is 1.66. The van der Waals surface area contributed by atoms with Crippen molar-refractivity contribution in [3.63, 3.8) is 0 Å². The van der Waals surface area contributed by atoms with Gasteiger partial charge < -0.3 is 9.47 Å². The second-order valence-corrected chi connectivity index (χ2v) is 13.9. The summed E-state index contributed by atoms with van der Waals surface area (Å²) >= 11 is 6.14. The van der Waals surface area contributed by atoms with Crippen LogP contribution in [0.3, 0.4) is 0 Å². The van der Waals surface area contributed by atoms with Gasteiger partial charge in [-0.2, -0.15) is 8.42 Å². The van der Waals surface area contributed by atoms with Gasteiger partial charge in [0.05, 0.1) is 17.7 Å². The van der Waals surface area contributed by atoms with Gasteiger partial charge in [0.15, 0.2) is 6.10 Å². The van der Waals surface area contributed by atoms with Crippen LogP contribution in [0.25, 0.3) is 0 Å². The van der Waals surface area contributed by atoms with Crippen LogP contribution >= 0.6 is 67.8 Å². The van der Waals surface area contributed by atoms with E-state index in [1.807, 2.05) is 28.7 Å². The Morgan fingerprint density at radius 1 is 1.13 bits per heavy atom. The van der Waals surface area contributed by atoms with Crippen LogP contribution in [0.4, 0.5) is 0 Å². The van der Waals surface area contributed by atoms with Crippen LogP contribution in [-0.2, 0) is 38.6 Å². The molecule has 1 amide bonds. The van der Waals surface area contributed by atoms with Crippen LogP contribution in [0, 0.1) is 16.6 Å². The number of sulfonamides is 1. The SMILES string of the molecule is CS(=O)(=O)NC(=O)C1C2OC3C(OS(=O)(=O)C31)C2OC(=O)c1cc(I)cc(I)c1I. The zero-order valence-corrected chi connectivity index (χ0v) is 22.8. The van der Waals surface area contributed by atoms with Gasteiger partial charge in [-0.15, -0.1) is 0 Å². The largest absolute Gasteiger partial charge is 0.453 e. The van der Waals surface area contributed by atoms with Gasteiger partial charge in [0.2, 0.25) is 15.9 Å². The number of benzene rings is 1. The van der Waals surface area contributed by atoms with Gasteiger partial charge in [-0.1, -0.05) is 0 Å². The molecule has 0 aromatic heterocycles. The second kappa shape index (κ2) is 7.89. The summed E-state index contributed by atoms with van der Waals surface area (Å²) in [6.45, 7) is 0. The van der Waals surface area contributed by atoms with Crippen molar-refractivity contribution in [1.82, 2.24) is 4.72 Å². The van der Waals surface area contributed by atoms with Gasteiger partial charge in [0, 0.05) is 10.7 Å². The summed E-state index contributed by atoms with van der Waals surface area (Å²) in [5.74, 6) is -3.15. The Hall–Kier alpha value is 0.170. The molecule has 30 heavy (non-hydrogen) atoms. The van der Waals surface area contributed by atoms with E-state index in [1.165, 1.54) is 0 Å². The number of rotatable bonds is 4. The molecule has 2 bridgehead atoms. The van der Waals surface area contributed by atoms with Gasteiger partial charge in [0.1, 0.15) is 23.6 Å². The summed E-state index contributed by atoms with van der Waals surface area (Å²) in [4.78, 5) is 25.4. The second-order valence-electron chi connectivity index (χ2n) is 6.97. The lowest BCUT2D eigenvalue weighted by Gasteiger charge is -2.27. The maximum absolute atomic E-state index is 12.9. The third-order valence-corrected chi connectivity index (χ3v) is 10.9. The maximum Gasteiger partial charge on any atom is 0.339 e. The lowest BCUT2D eigenvalue weighted by atomic mass is 9.84. The van der Waals surface area contributed by atoms with Gasteiger partial charge in [-0.05, 0) is 79.9 Å². The first-order valence-electron chi connectivity index (χ1n) is 8.25. The van der Waals surface area contributed by atoms with Crippen LogP contribution in [0.5, 0.6) is 0 Å². The van der Waals surface area contributed by atoms with Gasteiger partial charge in [0.25, 0.3) is 10.1 Å². The zero-order valence-electron chi connectivity index (χ0n) is 14.7. The molecule has 6 atom stereocenters. The number of nitrogens with one attached hydrogen (secondary N) is 1. The minimum atomic E-state index is -4.21. The molecule has 0 spiro atoms. The fraction of sp³-hybridized carbons (Fsp3) is 0.467. The van der Waals surface area contributed by atoms with E-state index in [9.17, 15) is 26.4 Å². The predicted octanol–water partition coefficient (Wildman–Crippen LogP) is 0.596. The maximum atomic E-state index is 12.9. The van der Waals surface area contributed by atoms with Crippen LogP contribution in [-0.4, -0.2) is 64.6 Å². The smallest absolute Gasteiger partial charge is 0.339 e. The van der Waals surface area contributed by atoms with Crippen molar-refractivity contribution in [2.24, 2.45) is 5.92 Å². The number of carbonyl (C=O) groups excluding carboxylic acids is 2. The molecular formula is C15H12I3NO9S2. The number of hydrogen-bond donors (Lipinski definition) is 1. The average molecular weight is 795 g/mol. The molecule has 1 aromatic carbocycles. The molecule has 0 saturated carbocycles. The molecule has 4 rings (SSSR count). The van der Waals surface area contributed by atoms with Crippen molar-refractivity contribution in [2.75, 3.05) is 6.26 Å². The number of amides is 1. The molecule has 1 aromatic rings. The fourth-order valence-electron chi connectivity index (χ4n) is 3.90. The third kappa shape index (κ3) is 3.99. The highest BCUT2D eigenvalue weighted by Crippen LogP contribution is 2.51. The Morgan fingerprint density at radius 3 is 2.43 bits per heavy atom. The number of fused-ring (bicyclic) bond motifs is 1. The van der Waals surface area contributed by atoms with Crippen molar-refractivity contribution in [3.05, 3.63) is 28.4 Å². The highest BCUT2D eigenvalue weighted by molar-refractivity contribution is 14.1. The summed E-state index contributed by atoms with van der Waals surface area (Å²) < 4.78 is 68.2. The van der Waals surface area contributed by atoms with Crippen molar-refractivity contribution in [2.45, 2.75) is 29.7 Å². The minimum absolute atomic E-state index is 0.282. The molecule has 6 unspecified atom stereocenters. The van der Waals surface area contributed by atoms with Gasteiger partial charge >= 0.3 is 5.97 Å². The van der Waals surface area contributed by atoms with Crippen LogP contribution in [0.15, 0.2) is 12.1 Å². The molecule has 3 aliphatic heterocycles. The number of esters is 1. The molecule has 0 radical (unpaired) electrons. The Bertz CT molecular complexity index is 1170. The molecular weight excluding hydrogens is 783 g/mol. The number of hydrogen-bond acceptors (Lipinski definition) is 9. The Labute approximate surface area is 212 Å². The Kier molecular flexibility index (Phi) is 6.14. The Morgan fingerprint density at radius 2 is 1.80 bits per heavy atom. The van der Waals surface area contributed by atoms with Crippen LogP contribution in [0.1, 0.15) is 10.4 Å². The molecule has 0 aliphatic carbocycles. The first kappa shape index (κ1) is 23.3. The minimum Gasteiger partial charge on any atom is -0.453 e. The van der Waals surface area contributed by atoms with E-state index in [4.69, 9.17) is 13.7 Å². The summed E-state index contributed by atoms with van der Waals surface area (Å²) in [6.07, 6.45) is -3.66. The first-order valence-corrected chi connectivity index (χ1v) is 14.8. The van der Waals surface area contributed by atoms with Crippen molar-refractivity contribution in [1.29, 1.82) is 0 Å². The van der Waals surface area contributed by atoms with Crippen molar-refractivity contribution in [3.8, 4) is 0 Å². The quantitative estimate of drug-likeness (QED) is 0.201. The normalized spacial score (nSPS) is 33.5. The summed E-state index contributed by atoms with van der Waals surface area (Å²) in [5, 5.41) is -1.36. The van der Waals surface area contributed by atoms with E-state index >= 15 is 0 Å². The third-order valence-electron chi connectivity index (χ3n) is 4.94. The molecule has 3 aliphatic rings. The van der Waals surface area contributed by atoms with E-state index in [0.717, 1.165) is 13.4 Å². The van der Waals surface area contributed by atoms with E-state index < -0.39 is 67.6 Å². The summed E-state index contributed by atoms with van der Waals surface area (Å²) in [7, 11) is -8.14. The number of halogens is 3. The van der Waals surface area contributed by atoms with Crippen LogP contribution < -0.4 is 4.72 Å². The molecule has 164 valence electrons. The van der Waals surface area contributed by atoms with Crippen molar-refractivity contribution < 1.29 is 40.1 Å². The van der Waals surface area contributed by atoms with Gasteiger partial charge in [-0.25, -0.2) is 13.2 Å². The van der Waals surface area contributed by atoms with E-state index in [-0.39, 0.29) is 5.56 Å². The highest BCUT2D eigenvalue weighted by Gasteiger charge is 2.73. The highest BCUT2D eigenvalue weighted by atomic mass is 127. The zero-order chi connectivity index (χ0) is 22.2. The fourth-order valence-corrected chi connectivity index (χ4v) is 8.62. The average Bonchev–Trinajstić information content (AvgIpc) is 3.18. The molecule has 3 fully saturated rings. The molecule has 3 heterocycles. The lowest BCUT2D eigenvalue weighted by Crippen LogP contribution is -2.53. The van der Waals surface area contributed by atoms with E-state index in [1.54, 1.807) is 10.8 Å². The predicted molar refractivity (Wildman–Crippen MR) is 127 cm³/mol. The van der Waals surface area contributed by atoms with E-state index in [0.29, 0.717) is 3.57 Å². The van der Waals surface area contributed by atoms with E-state index in [2.05, 4.69) is 45.2 Å². The monoisotopic (exact) mass is 795 g/mol. The standard InChI is InChI=1S/C15H12I3NO9S2/c1-29(22,23)19-14(20)7-9-10(11-12(26-9)13(7)30(24,25)28-11)27-15(21)5-2-4(16)3-6(17)8(5)18/h2-3,7,9-13H,1H3,(H,19,20). The topological polar surface area (TPSA) is 142 Å². The van der Waals surface area contributed by atoms with Crippen LogP contribution in [0.2, 0.25) is 0 Å². The summed E-state index contributed by atoms with van der Waals surface area (Å²) in [6, 6.07) is 3.51. The van der Waals surface area contributed by atoms with Crippen molar-refractivity contribution >= 4 is 99.8 Å². The van der Waals surface area contributed by atoms with Gasteiger partial charge in [-0.3, -0.25) is 13.7 Å². The number of carbonyl (C=O) groups is 2. The lowest BCUT2D eigenvalue weighted by molar-refractivity contribution is -0.126.